The first-order chi connectivity index (χ1) is 5.96. The van der Waals surface area contributed by atoms with Crippen molar-refractivity contribution < 1.29 is 9.53 Å². The molecule has 0 spiro atoms. The molecule has 1 aromatic rings. The van der Waals surface area contributed by atoms with Crippen molar-refractivity contribution in [1.82, 2.24) is 15.4 Å². The van der Waals surface area contributed by atoms with Gasteiger partial charge in [0.05, 0.1) is 7.11 Å². The molecule has 0 atom stereocenters. The first-order valence-corrected chi connectivity index (χ1v) is 3.96. The normalized spacial score (nSPS) is 11.4. The standard InChI is InChI=1S/C8H13N3O2/c1-8(2,3)6-5(7(12)13-4)9-11-10-6/h1-4H3,(H,9,10,11). The van der Waals surface area contributed by atoms with Crippen molar-refractivity contribution in [2.24, 2.45) is 0 Å². The molecule has 13 heavy (non-hydrogen) atoms. The number of rotatable bonds is 1. The maximum Gasteiger partial charge on any atom is 0.360 e. The van der Waals surface area contributed by atoms with Gasteiger partial charge in [-0.25, -0.2) is 4.79 Å². The zero-order chi connectivity index (χ0) is 10.1. The molecule has 5 heteroatoms. The van der Waals surface area contributed by atoms with Gasteiger partial charge in [-0.15, -0.1) is 5.10 Å². The maximum atomic E-state index is 11.2. The van der Waals surface area contributed by atoms with Crippen molar-refractivity contribution in [2.45, 2.75) is 26.2 Å². The van der Waals surface area contributed by atoms with E-state index in [1.54, 1.807) is 0 Å². The minimum absolute atomic E-state index is 0.212. The molecule has 5 nitrogen and oxygen atoms in total. The summed E-state index contributed by atoms with van der Waals surface area (Å²) < 4.78 is 4.57. The minimum Gasteiger partial charge on any atom is -0.464 e. The Morgan fingerprint density at radius 3 is 2.46 bits per heavy atom. The zero-order valence-corrected chi connectivity index (χ0v) is 8.21. The van der Waals surface area contributed by atoms with E-state index < -0.39 is 5.97 Å². The minimum atomic E-state index is -0.460. The second kappa shape index (κ2) is 3.16. The Balaban J connectivity index is 3.10. The number of esters is 1. The molecular weight excluding hydrogens is 170 g/mol. The summed E-state index contributed by atoms with van der Waals surface area (Å²) in [6.45, 7) is 5.87. The Kier molecular flexibility index (Phi) is 2.36. The van der Waals surface area contributed by atoms with Crippen LogP contribution in [0.1, 0.15) is 37.0 Å². The second-order valence-corrected chi connectivity index (χ2v) is 3.76. The van der Waals surface area contributed by atoms with Gasteiger partial charge in [0.2, 0.25) is 0 Å². The van der Waals surface area contributed by atoms with Crippen LogP contribution in [0.3, 0.4) is 0 Å². The highest BCUT2D eigenvalue weighted by atomic mass is 16.5. The molecule has 0 unspecified atom stereocenters. The Morgan fingerprint density at radius 2 is 2.00 bits per heavy atom. The highest BCUT2D eigenvalue weighted by Crippen LogP contribution is 2.22. The number of hydrogen-bond acceptors (Lipinski definition) is 4. The summed E-state index contributed by atoms with van der Waals surface area (Å²) >= 11 is 0. The average molecular weight is 183 g/mol. The maximum absolute atomic E-state index is 11.2. The number of aromatic nitrogens is 3. The fourth-order valence-electron chi connectivity index (χ4n) is 0.993. The van der Waals surface area contributed by atoms with Crippen LogP contribution in [0.25, 0.3) is 0 Å². The van der Waals surface area contributed by atoms with Crippen molar-refractivity contribution in [3.8, 4) is 0 Å². The fraction of sp³-hybridized carbons (Fsp3) is 0.625. The molecule has 0 aliphatic carbocycles. The van der Waals surface area contributed by atoms with Gasteiger partial charge >= 0.3 is 5.97 Å². The van der Waals surface area contributed by atoms with Gasteiger partial charge in [0, 0.05) is 5.41 Å². The number of H-pyrrole nitrogens is 1. The largest absolute Gasteiger partial charge is 0.464 e. The van der Waals surface area contributed by atoms with E-state index >= 15 is 0 Å². The van der Waals surface area contributed by atoms with Gasteiger partial charge in [-0.3, -0.25) is 0 Å². The third-order valence-electron chi connectivity index (χ3n) is 1.64. The Hall–Kier alpha value is -1.39. The smallest absolute Gasteiger partial charge is 0.360 e. The average Bonchev–Trinajstić information content (AvgIpc) is 2.49. The zero-order valence-electron chi connectivity index (χ0n) is 8.21. The number of nitrogens with zero attached hydrogens (tertiary/aromatic N) is 2. The van der Waals surface area contributed by atoms with Crippen molar-refractivity contribution in [3.63, 3.8) is 0 Å². The molecular formula is C8H13N3O2. The summed E-state index contributed by atoms with van der Waals surface area (Å²) in [4.78, 5) is 11.2. The van der Waals surface area contributed by atoms with E-state index in [1.165, 1.54) is 7.11 Å². The molecule has 1 heterocycles. The highest BCUT2D eigenvalue weighted by molar-refractivity contribution is 5.88. The molecule has 1 rings (SSSR count). The van der Waals surface area contributed by atoms with E-state index in [-0.39, 0.29) is 11.1 Å². The molecule has 1 aromatic heterocycles. The summed E-state index contributed by atoms with van der Waals surface area (Å²) in [5.41, 5.74) is 0.672. The van der Waals surface area contributed by atoms with Gasteiger partial charge in [0.15, 0.2) is 5.69 Å². The number of methoxy groups -OCH3 is 1. The summed E-state index contributed by atoms with van der Waals surface area (Å²) in [6, 6.07) is 0. The first kappa shape index (κ1) is 9.70. The number of hydrogen-bond donors (Lipinski definition) is 1. The highest BCUT2D eigenvalue weighted by Gasteiger charge is 2.26. The lowest BCUT2D eigenvalue weighted by Crippen LogP contribution is -2.17. The van der Waals surface area contributed by atoms with E-state index in [4.69, 9.17) is 0 Å². The third-order valence-corrected chi connectivity index (χ3v) is 1.64. The van der Waals surface area contributed by atoms with Gasteiger partial charge in [0.25, 0.3) is 0 Å². The number of aromatic amines is 1. The lowest BCUT2D eigenvalue weighted by Gasteiger charge is -2.14. The van der Waals surface area contributed by atoms with Gasteiger partial charge in [0.1, 0.15) is 5.69 Å². The molecule has 0 saturated heterocycles. The van der Waals surface area contributed by atoms with Gasteiger partial charge in [-0.1, -0.05) is 20.8 Å². The predicted octanol–water partition coefficient (Wildman–Crippen LogP) is 0.889. The van der Waals surface area contributed by atoms with E-state index in [0.717, 1.165) is 0 Å². The fourth-order valence-corrected chi connectivity index (χ4v) is 0.993. The first-order valence-electron chi connectivity index (χ1n) is 3.96. The number of ether oxygens (including phenoxy) is 1. The van der Waals surface area contributed by atoms with Gasteiger partial charge < -0.3 is 4.74 Å². The van der Waals surface area contributed by atoms with E-state index in [1.807, 2.05) is 20.8 Å². The van der Waals surface area contributed by atoms with E-state index in [0.29, 0.717) is 5.69 Å². The van der Waals surface area contributed by atoms with Crippen LogP contribution in [-0.2, 0) is 10.2 Å². The van der Waals surface area contributed by atoms with Gasteiger partial charge in [-0.2, -0.15) is 10.3 Å². The lowest BCUT2D eigenvalue weighted by atomic mass is 9.91. The molecule has 0 aromatic carbocycles. The Bertz CT molecular complexity index is 311. The van der Waals surface area contributed by atoms with E-state index in [9.17, 15) is 4.79 Å². The topological polar surface area (TPSA) is 67.9 Å². The van der Waals surface area contributed by atoms with Crippen molar-refractivity contribution >= 4 is 5.97 Å². The quantitative estimate of drug-likeness (QED) is 0.656. The van der Waals surface area contributed by atoms with Crippen LogP contribution in [0.2, 0.25) is 0 Å². The molecule has 0 aliphatic heterocycles. The van der Waals surface area contributed by atoms with Crippen molar-refractivity contribution in [2.75, 3.05) is 7.11 Å². The van der Waals surface area contributed by atoms with Crippen LogP contribution in [0.5, 0.6) is 0 Å². The second-order valence-electron chi connectivity index (χ2n) is 3.76. The van der Waals surface area contributed by atoms with Crippen molar-refractivity contribution in [3.05, 3.63) is 11.4 Å². The van der Waals surface area contributed by atoms with Crippen LogP contribution >= 0.6 is 0 Å². The SMILES string of the molecule is COC(=O)c1n[nH]nc1C(C)(C)C. The van der Waals surface area contributed by atoms with E-state index in [2.05, 4.69) is 20.1 Å². The van der Waals surface area contributed by atoms with Gasteiger partial charge in [-0.05, 0) is 0 Å². The molecule has 0 saturated carbocycles. The molecule has 72 valence electrons. The summed E-state index contributed by atoms with van der Waals surface area (Å²) in [6.07, 6.45) is 0. The lowest BCUT2D eigenvalue weighted by molar-refractivity contribution is 0.0591. The summed E-state index contributed by atoms with van der Waals surface area (Å²) in [5, 5.41) is 10.1. The van der Waals surface area contributed by atoms with Crippen LogP contribution in [-0.4, -0.2) is 28.5 Å². The molecule has 1 N–H and O–H groups in total. The van der Waals surface area contributed by atoms with Crippen molar-refractivity contribution in [1.29, 1.82) is 0 Å². The van der Waals surface area contributed by atoms with Crippen LogP contribution in [0, 0.1) is 0 Å². The number of nitrogens with one attached hydrogen (secondary N) is 1. The molecule has 0 bridgehead atoms. The number of carbonyl (C=O) groups is 1. The molecule has 0 fully saturated rings. The molecule has 0 radical (unpaired) electrons. The Morgan fingerprint density at radius 1 is 1.38 bits per heavy atom. The monoisotopic (exact) mass is 183 g/mol. The number of carbonyl (C=O) groups excluding carboxylic acids is 1. The van der Waals surface area contributed by atoms with Crippen LogP contribution < -0.4 is 0 Å². The summed E-state index contributed by atoms with van der Waals surface area (Å²) in [7, 11) is 1.32. The molecule has 0 aliphatic rings. The van der Waals surface area contributed by atoms with Crippen LogP contribution in [0.4, 0.5) is 0 Å². The third kappa shape index (κ3) is 1.85. The predicted molar refractivity (Wildman–Crippen MR) is 46.4 cm³/mol. The van der Waals surface area contributed by atoms with Crippen LogP contribution in [0.15, 0.2) is 0 Å². The molecule has 0 amide bonds. The Labute approximate surface area is 76.5 Å². The summed E-state index contributed by atoms with van der Waals surface area (Å²) in [5.74, 6) is -0.460.